The van der Waals surface area contributed by atoms with E-state index < -0.39 is 35.6 Å². The van der Waals surface area contributed by atoms with Gasteiger partial charge < -0.3 is 9.84 Å². The molecule has 1 saturated heterocycles. The molecule has 2 fully saturated rings. The molecule has 0 unspecified atom stereocenters. The van der Waals surface area contributed by atoms with E-state index in [0.29, 0.717) is 0 Å². The van der Waals surface area contributed by atoms with Crippen LogP contribution in [0.3, 0.4) is 0 Å². The number of carboxylic acid groups (broad SMARTS) is 1. The van der Waals surface area contributed by atoms with Gasteiger partial charge in [0.2, 0.25) is 5.92 Å². The lowest BCUT2D eigenvalue weighted by molar-refractivity contribution is -0.147. The highest BCUT2D eigenvalue weighted by Gasteiger charge is 2.51. The predicted octanol–water partition coefficient (Wildman–Crippen LogP) is 3.48. The molecule has 2 aliphatic rings. The lowest BCUT2D eigenvalue weighted by Crippen LogP contribution is -2.48. The highest BCUT2D eigenvalue weighted by molar-refractivity contribution is 5.84. The maximum Gasteiger partial charge on any atom is 0.410 e. The van der Waals surface area contributed by atoms with Crippen LogP contribution in [0, 0.1) is 11.3 Å². The Labute approximate surface area is 130 Å². The van der Waals surface area contributed by atoms with Gasteiger partial charge in [0.1, 0.15) is 6.02 Å². The molecule has 1 heterocycles. The number of cyclic esters (lactones) is 1. The first-order valence-electron chi connectivity index (χ1n) is 7.98. The maximum atomic E-state index is 13.2. The van der Waals surface area contributed by atoms with Crippen molar-refractivity contribution in [3.8, 4) is 0 Å². The van der Waals surface area contributed by atoms with Crippen LogP contribution in [-0.2, 0) is 9.53 Å². The van der Waals surface area contributed by atoms with Crippen molar-refractivity contribution in [1.29, 1.82) is 0 Å². The number of alkyl halides is 2. The molecule has 0 aromatic rings. The van der Waals surface area contributed by atoms with Crippen molar-refractivity contribution >= 4 is 12.1 Å². The van der Waals surface area contributed by atoms with E-state index in [-0.39, 0.29) is 38.0 Å². The number of esters is 1. The molecular formula is C15H23F2NO4. The number of nitrogens with zero attached hydrogens (tertiary/aromatic N) is 1. The smallest absolute Gasteiger partial charge is 0.410 e. The molecule has 0 spiro atoms. The molecule has 2 atom stereocenters. The number of ether oxygens (including phenoxy) is 1. The molecule has 1 saturated carbocycles. The minimum absolute atomic E-state index is 0.110. The van der Waals surface area contributed by atoms with Crippen LogP contribution in [0.1, 0.15) is 54.2 Å². The molecule has 5 nitrogen and oxygen atoms in total. The summed E-state index contributed by atoms with van der Waals surface area (Å²) in [5.41, 5.74) is -0.684. The average Bonchev–Trinajstić information content (AvgIpc) is 2.65. The molecule has 0 radical (unpaired) electrons. The third-order valence-electron chi connectivity index (χ3n) is 4.25. The first-order valence-corrected chi connectivity index (χ1v) is 7.48. The van der Waals surface area contributed by atoms with Crippen LogP contribution in [0.5, 0.6) is 0 Å². The summed E-state index contributed by atoms with van der Waals surface area (Å²) in [6, 6.07) is -2.07. The zero-order chi connectivity index (χ0) is 17.6. The SMILES string of the molecule is [2H][C@]1(CC2CCC(F)(F)CC2)C(=O)O[C@H](C(C)(C)C)N1C(=O)O. The van der Waals surface area contributed by atoms with Crippen LogP contribution in [0.4, 0.5) is 13.6 Å². The van der Waals surface area contributed by atoms with Gasteiger partial charge in [-0.2, -0.15) is 0 Å². The van der Waals surface area contributed by atoms with E-state index >= 15 is 0 Å². The van der Waals surface area contributed by atoms with E-state index in [4.69, 9.17) is 6.11 Å². The molecular weight excluding hydrogens is 296 g/mol. The molecule has 2 rings (SSSR count). The van der Waals surface area contributed by atoms with Gasteiger partial charge in [0.25, 0.3) is 0 Å². The quantitative estimate of drug-likeness (QED) is 0.791. The Hall–Kier alpha value is -1.40. The van der Waals surface area contributed by atoms with E-state index in [2.05, 4.69) is 0 Å². The second kappa shape index (κ2) is 5.66. The van der Waals surface area contributed by atoms with Crippen LogP contribution in [-0.4, -0.2) is 40.2 Å². The number of carbonyl (C=O) groups excluding carboxylic acids is 1. The summed E-state index contributed by atoms with van der Waals surface area (Å²) < 4.78 is 40.1. The summed E-state index contributed by atoms with van der Waals surface area (Å²) in [7, 11) is 0. The van der Waals surface area contributed by atoms with Gasteiger partial charge in [0, 0.05) is 18.3 Å². The van der Waals surface area contributed by atoms with Crippen molar-refractivity contribution in [2.45, 2.75) is 71.0 Å². The lowest BCUT2D eigenvalue weighted by Gasteiger charge is -2.34. The van der Waals surface area contributed by atoms with Crippen LogP contribution in [0.15, 0.2) is 0 Å². The molecule has 22 heavy (non-hydrogen) atoms. The monoisotopic (exact) mass is 320 g/mol. The van der Waals surface area contributed by atoms with Crippen molar-refractivity contribution in [2.75, 3.05) is 0 Å². The molecule has 7 heteroatoms. The third-order valence-corrected chi connectivity index (χ3v) is 4.25. The minimum Gasteiger partial charge on any atom is -0.465 e. The fraction of sp³-hybridized carbons (Fsp3) is 0.867. The largest absolute Gasteiger partial charge is 0.465 e. The van der Waals surface area contributed by atoms with Crippen molar-refractivity contribution in [3.63, 3.8) is 0 Å². The fourth-order valence-electron chi connectivity index (χ4n) is 3.00. The van der Waals surface area contributed by atoms with Gasteiger partial charge in [0.05, 0.1) is 1.37 Å². The summed E-state index contributed by atoms with van der Waals surface area (Å²) >= 11 is 0. The standard InChI is InChI=1S/C15H23F2NO4/c1-14(2,3)12-18(13(20)21)10(11(19)22-12)8-9-4-6-15(16,17)7-5-9/h9-10,12H,4-8H2,1-3H3,(H,20,21)/t10-,12+/m0/s1/i10D. The number of carbonyl (C=O) groups is 2. The molecule has 1 aliphatic heterocycles. The Morgan fingerprint density at radius 2 is 2.00 bits per heavy atom. The highest BCUT2D eigenvalue weighted by atomic mass is 19.3. The van der Waals surface area contributed by atoms with Crippen molar-refractivity contribution in [1.82, 2.24) is 4.90 Å². The van der Waals surface area contributed by atoms with Gasteiger partial charge in [-0.25, -0.2) is 18.4 Å². The molecule has 1 N–H and O–H groups in total. The molecule has 0 aromatic carbocycles. The Morgan fingerprint density at radius 1 is 1.45 bits per heavy atom. The summed E-state index contributed by atoms with van der Waals surface area (Å²) in [5.74, 6) is -3.92. The number of hydrogen-bond donors (Lipinski definition) is 1. The number of rotatable bonds is 2. The number of halogens is 2. The second-order valence-electron chi connectivity index (χ2n) is 7.23. The topological polar surface area (TPSA) is 66.8 Å². The van der Waals surface area contributed by atoms with Crippen LogP contribution >= 0.6 is 0 Å². The van der Waals surface area contributed by atoms with Crippen LogP contribution in [0.25, 0.3) is 0 Å². The van der Waals surface area contributed by atoms with E-state index in [1.54, 1.807) is 20.8 Å². The fourth-order valence-corrected chi connectivity index (χ4v) is 3.00. The van der Waals surface area contributed by atoms with Gasteiger partial charge in [-0.15, -0.1) is 0 Å². The van der Waals surface area contributed by atoms with E-state index in [1.165, 1.54) is 0 Å². The molecule has 1 aliphatic carbocycles. The number of hydrogen-bond acceptors (Lipinski definition) is 3. The Balaban J connectivity index is 2.21. The predicted molar refractivity (Wildman–Crippen MR) is 74.5 cm³/mol. The molecule has 126 valence electrons. The van der Waals surface area contributed by atoms with Crippen LogP contribution < -0.4 is 0 Å². The lowest BCUT2D eigenvalue weighted by atomic mass is 9.82. The van der Waals surface area contributed by atoms with Crippen molar-refractivity contribution in [2.24, 2.45) is 11.3 Å². The van der Waals surface area contributed by atoms with Crippen molar-refractivity contribution in [3.05, 3.63) is 0 Å². The van der Waals surface area contributed by atoms with Gasteiger partial charge in [0.15, 0.2) is 6.23 Å². The minimum atomic E-state index is -2.71. The second-order valence-corrected chi connectivity index (χ2v) is 7.23. The van der Waals surface area contributed by atoms with Crippen LogP contribution in [0.2, 0.25) is 0 Å². The summed E-state index contributed by atoms with van der Waals surface area (Å²) in [6.45, 7) is 5.15. The van der Waals surface area contributed by atoms with Crippen molar-refractivity contribution < 1.29 is 29.6 Å². The van der Waals surface area contributed by atoms with Gasteiger partial charge in [-0.1, -0.05) is 20.8 Å². The first kappa shape index (κ1) is 15.5. The van der Waals surface area contributed by atoms with E-state index in [9.17, 15) is 23.5 Å². The Morgan fingerprint density at radius 3 is 2.45 bits per heavy atom. The van der Waals surface area contributed by atoms with Gasteiger partial charge >= 0.3 is 12.1 Å². The zero-order valence-electron chi connectivity index (χ0n) is 14.1. The number of amides is 1. The van der Waals surface area contributed by atoms with E-state index in [1.807, 2.05) is 0 Å². The zero-order valence-corrected chi connectivity index (χ0v) is 13.1. The Bertz CT molecular complexity index is 498. The average molecular weight is 320 g/mol. The third kappa shape index (κ3) is 3.50. The summed E-state index contributed by atoms with van der Waals surface area (Å²) in [5, 5.41) is 9.47. The Kier molecular flexibility index (Phi) is 3.99. The van der Waals surface area contributed by atoms with Gasteiger partial charge in [-0.3, -0.25) is 4.90 Å². The van der Waals surface area contributed by atoms with Gasteiger partial charge in [-0.05, 0) is 25.2 Å². The normalized spacial score (nSPS) is 33.5. The maximum absolute atomic E-state index is 13.2. The summed E-state index contributed by atoms with van der Waals surface area (Å²) in [6.07, 6.45) is -2.82. The summed E-state index contributed by atoms with van der Waals surface area (Å²) in [4.78, 5) is 24.6. The first-order chi connectivity index (χ1) is 10.4. The highest BCUT2D eigenvalue weighted by Crippen LogP contribution is 2.41. The molecule has 0 aromatic heterocycles. The molecule has 0 bridgehead atoms. The molecule has 1 amide bonds. The van der Waals surface area contributed by atoms with E-state index in [0.717, 1.165) is 4.90 Å².